The monoisotopic (exact) mass is 303 g/mol. The summed E-state index contributed by atoms with van der Waals surface area (Å²) in [5.41, 5.74) is 0.596. The van der Waals surface area contributed by atoms with Gasteiger partial charge in [-0.15, -0.1) is 0 Å². The molecular weight excluding hydrogens is 293 g/mol. The van der Waals surface area contributed by atoms with Crippen LogP contribution in [0.3, 0.4) is 0 Å². The topological polar surface area (TPSA) is 64.6 Å². The fourth-order valence-electron chi connectivity index (χ4n) is 1.91. The Labute approximate surface area is 119 Å². The van der Waals surface area contributed by atoms with Crippen LogP contribution in [-0.4, -0.2) is 25.2 Å². The first-order valence-corrected chi connectivity index (χ1v) is 6.25. The van der Waals surface area contributed by atoms with Gasteiger partial charge in [0.1, 0.15) is 6.10 Å². The van der Waals surface area contributed by atoms with Gasteiger partial charge in [-0.2, -0.15) is 0 Å². The van der Waals surface area contributed by atoms with E-state index in [1.807, 2.05) is 0 Å². The molecule has 2 atom stereocenters. The van der Waals surface area contributed by atoms with Gasteiger partial charge in [0, 0.05) is 15.6 Å². The highest BCUT2D eigenvalue weighted by Crippen LogP contribution is 2.35. The number of ether oxygens (including phenoxy) is 2. The number of alkyl carbamates (subject to hydrolysis) is 1. The maximum atomic E-state index is 11.4. The third-order valence-electron chi connectivity index (χ3n) is 2.77. The highest BCUT2D eigenvalue weighted by molar-refractivity contribution is 6.35. The van der Waals surface area contributed by atoms with Crippen LogP contribution in [0.1, 0.15) is 18.1 Å². The van der Waals surface area contributed by atoms with E-state index in [9.17, 15) is 9.59 Å². The molecule has 5 nitrogen and oxygen atoms in total. The quantitative estimate of drug-likeness (QED) is 0.853. The lowest BCUT2D eigenvalue weighted by Crippen LogP contribution is -2.36. The van der Waals surface area contributed by atoms with E-state index in [1.165, 1.54) is 7.11 Å². The van der Waals surface area contributed by atoms with Crippen molar-refractivity contribution in [2.75, 3.05) is 7.11 Å². The summed E-state index contributed by atoms with van der Waals surface area (Å²) in [4.78, 5) is 22.6. The Kier molecular flexibility index (Phi) is 4.17. The van der Waals surface area contributed by atoms with Crippen LogP contribution in [0.5, 0.6) is 0 Å². The summed E-state index contributed by atoms with van der Waals surface area (Å²) in [5.74, 6) is -0.405. The molecule has 7 heteroatoms. The average Bonchev–Trinajstić information content (AvgIpc) is 2.70. The van der Waals surface area contributed by atoms with Crippen LogP contribution in [0.4, 0.5) is 4.79 Å². The van der Waals surface area contributed by atoms with Crippen molar-refractivity contribution < 1.29 is 19.1 Å². The van der Waals surface area contributed by atoms with Crippen LogP contribution in [0.2, 0.25) is 10.0 Å². The van der Waals surface area contributed by atoms with E-state index in [-0.39, 0.29) is 6.42 Å². The van der Waals surface area contributed by atoms with E-state index < -0.39 is 24.2 Å². The molecule has 1 saturated heterocycles. The van der Waals surface area contributed by atoms with Gasteiger partial charge in [-0.1, -0.05) is 29.3 Å². The molecule has 1 heterocycles. The Morgan fingerprint density at radius 2 is 2.21 bits per heavy atom. The average molecular weight is 304 g/mol. The first-order chi connectivity index (χ1) is 9.01. The number of nitrogens with one attached hydrogen (secondary N) is 1. The van der Waals surface area contributed by atoms with Crippen LogP contribution in [0.15, 0.2) is 18.2 Å². The number of halogens is 2. The third kappa shape index (κ3) is 3.11. The molecule has 0 spiro atoms. The lowest BCUT2D eigenvalue weighted by molar-refractivity contribution is -0.141. The maximum absolute atomic E-state index is 11.4. The van der Waals surface area contributed by atoms with Gasteiger partial charge in [-0.05, 0) is 12.1 Å². The first kappa shape index (κ1) is 14.0. The Bertz CT molecular complexity index is 520. The van der Waals surface area contributed by atoms with Gasteiger partial charge >= 0.3 is 12.1 Å². The number of esters is 1. The Morgan fingerprint density at radius 1 is 1.47 bits per heavy atom. The summed E-state index contributed by atoms with van der Waals surface area (Å²) in [6.45, 7) is 0. The third-order valence-corrected chi connectivity index (χ3v) is 3.33. The predicted octanol–water partition coefficient (Wildman–Crippen LogP) is 2.71. The first-order valence-electron chi connectivity index (χ1n) is 5.50. The molecular formula is C12H11Cl2NO4. The molecule has 2 unspecified atom stereocenters. The van der Waals surface area contributed by atoms with Gasteiger partial charge in [0.15, 0.2) is 0 Å². The second-order valence-electron chi connectivity index (χ2n) is 4.02. The van der Waals surface area contributed by atoms with Crippen molar-refractivity contribution in [3.05, 3.63) is 33.8 Å². The van der Waals surface area contributed by atoms with Gasteiger partial charge < -0.3 is 14.8 Å². The molecule has 1 amide bonds. The van der Waals surface area contributed by atoms with Crippen LogP contribution >= 0.6 is 23.2 Å². The van der Waals surface area contributed by atoms with E-state index in [1.54, 1.807) is 18.2 Å². The summed E-state index contributed by atoms with van der Waals surface area (Å²) >= 11 is 11.9. The Balaban J connectivity index is 2.25. The van der Waals surface area contributed by atoms with Crippen molar-refractivity contribution in [2.24, 2.45) is 0 Å². The van der Waals surface area contributed by atoms with Crippen molar-refractivity contribution >= 4 is 35.3 Å². The molecule has 1 aliphatic heterocycles. The summed E-state index contributed by atoms with van der Waals surface area (Å²) in [5, 5.41) is 3.41. The van der Waals surface area contributed by atoms with Crippen molar-refractivity contribution in [1.29, 1.82) is 0 Å². The number of rotatable bonds is 2. The zero-order valence-electron chi connectivity index (χ0n) is 9.98. The second-order valence-corrected chi connectivity index (χ2v) is 4.87. The molecule has 0 radical (unpaired) electrons. The fourth-order valence-corrected chi connectivity index (χ4v) is 2.42. The van der Waals surface area contributed by atoms with Crippen LogP contribution < -0.4 is 5.32 Å². The minimum absolute atomic E-state index is 0.0682. The van der Waals surface area contributed by atoms with Crippen molar-refractivity contribution in [3.8, 4) is 0 Å². The number of cyclic esters (lactones) is 1. The highest BCUT2D eigenvalue weighted by Gasteiger charge is 2.38. The minimum atomic E-state index is -0.642. The van der Waals surface area contributed by atoms with E-state index >= 15 is 0 Å². The molecule has 102 valence electrons. The Hall–Kier alpha value is -1.46. The number of carbonyl (C=O) groups is 2. The van der Waals surface area contributed by atoms with E-state index in [0.29, 0.717) is 15.6 Å². The molecule has 19 heavy (non-hydrogen) atoms. The van der Waals surface area contributed by atoms with Crippen LogP contribution in [0.25, 0.3) is 0 Å². The molecule has 1 fully saturated rings. The van der Waals surface area contributed by atoms with Crippen molar-refractivity contribution in [1.82, 2.24) is 5.32 Å². The summed E-state index contributed by atoms with van der Waals surface area (Å²) in [6, 6.07) is 4.35. The summed E-state index contributed by atoms with van der Waals surface area (Å²) in [6.07, 6.45) is -1.20. The number of carbonyl (C=O) groups excluding carboxylic acids is 2. The number of amides is 1. The second kappa shape index (κ2) is 5.67. The smallest absolute Gasteiger partial charge is 0.407 e. The molecule has 0 aromatic heterocycles. The normalized spacial score (nSPS) is 21.9. The molecule has 1 N–H and O–H groups in total. The number of hydrogen-bond donors (Lipinski definition) is 1. The van der Waals surface area contributed by atoms with E-state index in [0.717, 1.165) is 0 Å². The standard InChI is InChI=1S/C12H11Cl2NO4/c1-18-12(17)15-9-5-10(16)19-11(9)7-3-2-6(13)4-8(7)14/h2-4,9,11H,5H2,1H3,(H,15,17). The number of methoxy groups -OCH3 is 1. The van der Waals surface area contributed by atoms with Gasteiger partial charge in [-0.3, -0.25) is 4.79 Å². The van der Waals surface area contributed by atoms with Crippen LogP contribution in [-0.2, 0) is 14.3 Å². The summed E-state index contributed by atoms with van der Waals surface area (Å²) in [7, 11) is 1.25. The minimum Gasteiger partial charge on any atom is -0.455 e. The van der Waals surface area contributed by atoms with Crippen molar-refractivity contribution in [2.45, 2.75) is 18.6 Å². The molecule has 0 aliphatic carbocycles. The van der Waals surface area contributed by atoms with E-state index in [2.05, 4.69) is 10.1 Å². The zero-order chi connectivity index (χ0) is 14.0. The largest absolute Gasteiger partial charge is 0.455 e. The van der Waals surface area contributed by atoms with Gasteiger partial charge in [0.05, 0.1) is 19.6 Å². The van der Waals surface area contributed by atoms with Crippen molar-refractivity contribution in [3.63, 3.8) is 0 Å². The lowest BCUT2D eigenvalue weighted by Gasteiger charge is -2.19. The van der Waals surface area contributed by atoms with Crippen LogP contribution in [0, 0.1) is 0 Å². The molecule has 1 aliphatic rings. The van der Waals surface area contributed by atoms with Gasteiger partial charge in [-0.25, -0.2) is 4.79 Å². The molecule has 1 aromatic carbocycles. The molecule has 0 saturated carbocycles. The lowest BCUT2D eigenvalue weighted by atomic mass is 10.0. The van der Waals surface area contributed by atoms with E-state index in [4.69, 9.17) is 27.9 Å². The van der Waals surface area contributed by atoms with Gasteiger partial charge in [0.2, 0.25) is 0 Å². The fraction of sp³-hybridized carbons (Fsp3) is 0.333. The zero-order valence-corrected chi connectivity index (χ0v) is 11.5. The summed E-state index contributed by atoms with van der Waals surface area (Å²) < 4.78 is 9.70. The molecule has 0 bridgehead atoms. The SMILES string of the molecule is COC(=O)NC1CC(=O)OC1c1ccc(Cl)cc1Cl. The predicted molar refractivity (Wildman–Crippen MR) is 69.2 cm³/mol. The molecule has 1 aromatic rings. The number of hydrogen-bond acceptors (Lipinski definition) is 4. The highest BCUT2D eigenvalue weighted by atomic mass is 35.5. The molecule has 2 rings (SSSR count). The van der Waals surface area contributed by atoms with Gasteiger partial charge in [0.25, 0.3) is 0 Å². The number of benzene rings is 1. The maximum Gasteiger partial charge on any atom is 0.407 e. The Morgan fingerprint density at radius 3 is 2.84 bits per heavy atom.